The molecule has 0 aliphatic carbocycles. The van der Waals surface area contributed by atoms with Gasteiger partial charge in [0.1, 0.15) is 29.8 Å². The highest BCUT2D eigenvalue weighted by atomic mass is 127. The van der Waals surface area contributed by atoms with Crippen molar-refractivity contribution < 1.29 is 13.9 Å². The van der Waals surface area contributed by atoms with Crippen molar-refractivity contribution in [3.8, 4) is 11.8 Å². The molecule has 0 bridgehead atoms. The van der Waals surface area contributed by atoms with Crippen molar-refractivity contribution in [3.63, 3.8) is 0 Å². The van der Waals surface area contributed by atoms with Gasteiger partial charge in [-0.15, -0.1) is 0 Å². The molecule has 162 valence electrons. The maximum atomic E-state index is 13.1. The van der Waals surface area contributed by atoms with Gasteiger partial charge in [0.25, 0.3) is 5.91 Å². The summed E-state index contributed by atoms with van der Waals surface area (Å²) in [6.07, 6.45) is 1.48. The van der Waals surface area contributed by atoms with E-state index in [1.165, 1.54) is 24.3 Å². The highest BCUT2D eigenvalue weighted by Gasteiger charge is 2.13. The molecule has 0 fully saturated rings. The molecule has 0 saturated carbocycles. The van der Waals surface area contributed by atoms with Crippen LogP contribution in [0.4, 0.5) is 10.1 Å². The summed E-state index contributed by atoms with van der Waals surface area (Å²) in [4.78, 5) is 12.5. The summed E-state index contributed by atoms with van der Waals surface area (Å²) in [5.74, 6) is -0.281. The van der Waals surface area contributed by atoms with E-state index in [9.17, 15) is 14.4 Å². The summed E-state index contributed by atoms with van der Waals surface area (Å²) in [5, 5.41) is 12.7. The second kappa shape index (κ2) is 11.1. The zero-order valence-electron chi connectivity index (χ0n) is 16.1. The van der Waals surface area contributed by atoms with Gasteiger partial charge in [0.2, 0.25) is 0 Å². The number of amides is 1. The average molecular weight is 646 g/mol. The van der Waals surface area contributed by atoms with E-state index in [2.05, 4.69) is 43.8 Å². The van der Waals surface area contributed by atoms with Gasteiger partial charge in [0.15, 0.2) is 0 Å². The molecule has 3 rings (SSSR count). The van der Waals surface area contributed by atoms with Gasteiger partial charge in [-0.25, -0.2) is 4.39 Å². The molecule has 0 aliphatic rings. The number of hydrogen-bond donors (Lipinski definition) is 1. The molecule has 0 radical (unpaired) electrons. The first-order valence-corrected chi connectivity index (χ1v) is 11.6. The Morgan fingerprint density at radius 2 is 1.88 bits per heavy atom. The number of carbonyl (C=O) groups excluding carboxylic acids is 1. The van der Waals surface area contributed by atoms with Crippen LogP contribution in [0.1, 0.15) is 11.1 Å². The Kier molecular flexibility index (Phi) is 8.54. The van der Waals surface area contributed by atoms with Crippen molar-refractivity contribution in [1.29, 1.82) is 5.26 Å². The van der Waals surface area contributed by atoms with Gasteiger partial charge in [-0.05, 0) is 98.2 Å². The van der Waals surface area contributed by atoms with Crippen LogP contribution in [0.2, 0.25) is 10.0 Å². The number of nitrogens with zero attached hydrogens (tertiary/aromatic N) is 1. The van der Waals surface area contributed by atoms with Crippen molar-refractivity contribution in [1.82, 2.24) is 0 Å². The molecule has 0 spiro atoms. The van der Waals surface area contributed by atoms with Crippen LogP contribution >= 0.6 is 61.7 Å². The molecule has 0 unspecified atom stereocenters. The lowest BCUT2D eigenvalue weighted by Crippen LogP contribution is -2.13. The fraction of sp³-hybridized carbons (Fsp3) is 0.0435. The minimum atomic E-state index is -0.575. The SMILES string of the molecule is N#C/C(=C\c1cc(Br)c(OCc2ccc(F)cc2)c(I)c1)C(=O)Nc1ccc(Cl)c(Cl)c1. The third-order valence-electron chi connectivity index (χ3n) is 4.17. The molecular formula is C23H13BrCl2FIN2O2. The maximum Gasteiger partial charge on any atom is 0.266 e. The lowest BCUT2D eigenvalue weighted by atomic mass is 10.1. The molecule has 1 amide bonds. The van der Waals surface area contributed by atoms with Crippen LogP contribution in [0.15, 0.2) is 64.6 Å². The second-order valence-electron chi connectivity index (χ2n) is 6.48. The molecule has 9 heteroatoms. The Labute approximate surface area is 216 Å². The van der Waals surface area contributed by atoms with E-state index in [4.69, 9.17) is 27.9 Å². The summed E-state index contributed by atoms with van der Waals surface area (Å²) >= 11 is 17.4. The molecule has 4 nitrogen and oxygen atoms in total. The normalized spacial score (nSPS) is 11.1. The van der Waals surface area contributed by atoms with Gasteiger partial charge in [0.05, 0.1) is 18.1 Å². The summed E-state index contributed by atoms with van der Waals surface area (Å²) < 4.78 is 20.3. The second-order valence-corrected chi connectivity index (χ2v) is 9.31. The molecule has 32 heavy (non-hydrogen) atoms. The first-order valence-electron chi connectivity index (χ1n) is 9.01. The van der Waals surface area contributed by atoms with Gasteiger partial charge in [0, 0.05) is 5.69 Å². The van der Waals surface area contributed by atoms with Crippen LogP contribution in [0, 0.1) is 20.7 Å². The standard InChI is InChI=1S/C23H13BrCl2FIN2O2/c24-18-8-14(9-21(28)22(18)32-12-13-1-3-16(27)4-2-13)7-15(11-29)23(31)30-17-5-6-19(25)20(26)10-17/h1-10H,12H2,(H,30,31)/b15-7+. The van der Waals surface area contributed by atoms with Gasteiger partial charge in [-0.3, -0.25) is 4.79 Å². The van der Waals surface area contributed by atoms with Gasteiger partial charge in [-0.2, -0.15) is 5.26 Å². The van der Waals surface area contributed by atoms with E-state index in [1.54, 1.807) is 36.4 Å². The summed E-state index contributed by atoms with van der Waals surface area (Å²) in [6.45, 7) is 0.263. The summed E-state index contributed by atoms with van der Waals surface area (Å²) in [5.41, 5.74) is 1.80. The molecule has 0 saturated heterocycles. The zero-order chi connectivity index (χ0) is 23.3. The Morgan fingerprint density at radius 3 is 2.50 bits per heavy atom. The Morgan fingerprint density at radius 1 is 1.16 bits per heavy atom. The van der Waals surface area contributed by atoms with E-state index >= 15 is 0 Å². The Bertz CT molecular complexity index is 1220. The first kappa shape index (κ1) is 24.5. The van der Waals surface area contributed by atoms with Crippen molar-refractivity contribution in [3.05, 3.63) is 95.2 Å². The van der Waals surface area contributed by atoms with E-state index < -0.39 is 5.91 Å². The molecule has 0 heterocycles. The highest BCUT2D eigenvalue weighted by Crippen LogP contribution is 2.33. The fourth-order valence-corrected chi connectivity index (χ4v) is 4.69. The quantitative estimate of drug-likeness (QED) is 0.170. The first-order chi connectivity index (χ1) is 15.3. The molecule has 3 aromatic carbocycles. The molecule has 0 aromatic heterocycles. The van der Waals surface area contributed by atoms with E-state index in [0.29, 0.717) is 31.5 Å². The molecular weight excluding hydrogens is 633 g/mol. The van der Waals surface area contributed by atoms with Crippen LogP contribution < -0.4 is 10.1 Å². The maximum absolute atomic E-state index is 13.1. The molecule has 1 N–H and O–H groups in total. The zero-order valence-corrected chi connectivity index (χ0v) is 21.4. The molecule has 3 aromatic rings. The Balaban J connectivity index is 1.77. The smallest absolute Gasteiger partial charge is 0.266 e. The lowest BCUT2D eigenvalue weighted by Gasteiger charge is -2.12. The number of nitrogens with one attached hydrogen (secondary N) is 1. The van der Waals surface area contributed by atoms with Crippen LogP contribution in [0.25, 0.3) is 6.08 Å². The highest BCUT2D eigenvalue weighted by molar-refractivity contribution is 14.1. The van der Waals surface area contributed by atoms with E-state index in [-0.39, 0.29) is 18.0 Å². The number of anilines is 1. The number of nitriles is 1. The number of hydrogen-bond acceptors (Lipinski definition) is 3. The largest absolute Gasteiger partial charge is 0.487 e. The number of ether oxygens (including phenoxy) is 1. The number of carbonyl (C=O) groups is 1. The van der Waals surface area contributed by atoms with Crippen molar-refractivity contribution in [2.24, 2.45) is 0 Å². The van der Waals surface area contributed by atoms with Crippen LogP contribution in [-0.4, -0.2) is 5.91 Å². The van der Waals surface area contributed by atoms with E-state index in [1.807, 2.05) is 6.07 Å². The minimum Gasteiger partial charge on any atom is -0.487 e. The topological polar surface area (TPSA) is 62.1 Å². The van der Waals surface area contributed by atoms with E-state index in [0.717, 1.165) is 9.13 Å². The minimum absolute atomic E-state index is 0.0845. The van der Waals surface area contributed by atoms with Crippen LogP contribution in [0.3, 0.4) is 0 Å². The summed E-state index contributed by atoms with van der Waals surface area (Å²) in [6, 6.07) is 16.1. The van der Waals surface area contributed by atoms with Crippen molar-refractivity contribution in [2.45, 2.75) is 6.61 Å². The van der Waals surface area contributed by atoms with Gasteiger partial charge in [-0.1, -0.05) is 35.3 Å². The number of rotatable bonds is 6. The number of benzene rings is 3. The van der Waals surface area contributed by atoms with Crippen molar-refractivity contribution >= 4 is 79.4 Å². The third kappa shape index (κ3) is 6.45. The third-order valence-corrected chi connectivity index (χ3v) is 6.30. The molecule has 0 atom stereocenters. The predicted octanol–water partition coefficient (Wildman–Crippen LogP) is 7.62. The predicted molar refractivity (Wildman–Crippen MR) is 136 cm³/mol. The molecule has 0 aliphatic heterocycles. The lowest BCUT2D eigenvalue weighted by molar-refractivity contribution is -0.112. The van der Waals surface area contributed by atoms with Crippen LogP contribution in [0.5, 0.6) is 5.75 Å². The number of halogens is 5. The average Bonchev–Trinajstić information content (AvgIpc) is 2.75. The van der Waals surface area contributed by atoms with Gasteiger partial charge >= 0.3 is 0 Å². The monoisotopic (exact) mass is 644 g/mol. The Hall–Kier alpha value is -2.12. The fourth-order valence-electron chi connectivity index (χ4n) is 2.62. The summed E-state index contributed by atoms with van der Waals surface area (Å²) in [7, 11) is 0. The van der Waals surface area contributed by atoms with Crippen LogP contribution in [-0.2, 0) is 11.4 Å². The van der Waals surface area contributed by atoms with Crippen molar-refractivity contribution in [2.75, 3.05) is 5.32 Å². The van der Waals surface area contributed by atoms with Gasteiger partial charge < -0.3 is 10.1 Å².